The maximum atomic E-state index is 14.0. The molecule has 1 amide bonds. The predicted molar refractivity (Wildman–Crippen MR) is 71.5 cm³/mol. The van der Waals surface area contributed by atoms with E-state index in [2.05, 4.69) is 15.9 Å². The molecule has 1 aromatic carbocycles. The molecule has 1 aromatic rings. The quantitative estimate of drug-likeness (QED) is 0.814. The molecule has 3 N–H and O–H groups in total. The van der Waals surface area contributed by atoms with Gasteiger partial charge in [0.05, 0.1) is 5.56 Å². The van der Waals surface area contributed by atoms with Crippen molar-refractivity contribution >= 4 is 37.6 Å². The van der Waals surface area contributed by atoms with Gasteiger partial charge in [-0.05, 0) is 18.6 Å². The molecule has 0 aliphatic rings. The summed E-state index contributed by atoms with van der Waals surface area (Å²) in [5.41, 5.74) is 4.18. The number of carboxylic acids is 1. The van der Waals surface area contributed by atoms with E-state index in [1.165, 1.54) is 6.92 Å². The van der Waals surface area contributed by atoms with Gasteiger partial charge in [0.25, 0.3) is 0 Å². The number of hydrogen-bond donors (Lipinski definition) is 2. The summed E-state index contributed by atoms with van der Waals surface area (Å²) in [5, 5.41) is 7.22. The molecule has 0 saturated carbocycles. The van der Waals surface area contributed by atoms with E-state index in [-0.39, 0.29) is 10.9 Å². The van der Waals surface area contributed by atoms with E-state index in [1.807, 2.05) is 0 Å². The van der Waals surface area contributed by atoms with Crippen LogP contribution in [0.2, 0.25) is 0 Å². The summed E-state index contributed by atoms with van der Waals surface area (Å²) in [4.78, 5) is 21.2. The average molecular weight is 368 g/mol. The molecule has 9 heteroatoms. The lowest BCUT2D eigenvalue weighted by Crippen LogP contribution is -2.36. The van der Waals surface area contributed by atoms with Crippen LogP contribution in [-0.2, 0) is 14.6 Å². The lowest BCUT2D eigenvalue weighted by atomic mass is 10.2. The van der Waals surface area contributed by atoms with E-state index in [0.717, 1.165) is 12.1 Å². The first kappa shape index (κ1) is 16.6. The number of carboxylic acid groups (broad SMARTS) is 1. The fraction of sp³-hybridized carbons (Fsp3) is 0.273. The molecule has 0 saturated heterocycles. The number of sulfone groups is 1. The molecule has 0 fully saturated rings. The molecule has 0 bridgehead atoms. The fourth-order valence-corrected chi connectivity index (χ4v) is 3.97. The van der Waals surface area contributed by atoms with Gasteiger partial charge in [-0.15, -0.1) is 0 Å². The topological polar surface area (TPSA) is 115 Å². The van der Waals surface area contributed by atoms with Gasteiger partial charge in [-0.25, -0.2) is 17.6 Å². The van der Waals surface area contributed by atoms with E-state index >= 15 is 0 Å². The molecule has 1 unspecified atom stereocenters. The molecule has 0 heterocycles. The van der Waals surface area contributed by atoms with Gasteiger partial charge >= 0.3 is 5.97 Å². The number of aromatic carboxylic acids is 1. The summed E-state index contributed by atoms with van der Waals surface area (Å²) in [6.45, 7) is 1.40. The largest absolute Gasteiger partial charge is 0.478 e. The minimum atomic E-state index is -4.40. The zero-order chi connectivity index (χ0) is 15.7. The Labute approximate surface area is 122 Å². The molecule has 1 rings (SSSR count). The van der Waals surface area contributed by atoms with Crippen molar-refractivity contribution in [2.75, 3.05) is 0 Å². The van der Waals surface area contributed by atoms with Gasteiger partial charge in [0.15, 0.2) is 15.7 Å². The predicted octanol–water partition coefficient (Wildman–Crippen LogP) is 1.32. The average Bonchev–Trinajstić information content (AvgIpc) is 2.31. The number of primary amides is 1. The molecule has 0 aliphatic carbocycles. The second-order valence-corrected chi connectivity index (χ2v) is 6.93. The molecule has 0 aromatic heterocycles. The molecule has 1 atom stereocenters. The van der Waals surface area contributed by atoms with Gasteiger partial charge in [0, 0.05) is 4.47 Å². The third kappa shape index (κ3) is 2.98. The molecule has 110 valence electrons. The minimum Gasteiger partial charge on any atom is -0.478 e. The van der Waals surface area contributed by atoms with Crippen LogP contribution in [-0.4, -0.2) is 30.7 Å². The number of carbonyl (C=O) groups excluding carboxylic acids is 1. The number of halogens is 2. The number of nitrogens with two attached hydrogens (primary N) is 1. The Morgan fingerprint density at radius 3 is 2.40 bits per heavy atom. The van der Waals surface area contributed by atoms with Crippen LogP contribution in [0.15, 0.2) is 21.5 Å². The van der Waals surface area contributed by atoms with E-state index in [9.17, 15) is 22.4 Å². The third-order valence-corrected chi connectivity index (χ3v) is 5.29. The first-order valence-electron chi connectivity index (χ1n) is 5.38. The van der Waals surface area contributed by atoms with Gasteiger partial charge in [-0.1, -0.05) is 22.9 Å². The smallest absolute Gasteiger partial charge is 0.338 e. The van der Waals surface area contributed by atoms with Crippen molar-refractivity contribution in [1.82, 2.24) is 0 Å². The van der Waals surface area contributed by atoms with Crippen LogP contribution in [0.4, 0.5) is 4.39 Å². The van der Waals surface area contributed by atoms with Crippen molar-refractivity contribution in [2.45, 2.75) is 23.5 Å². The highest BCUT2D eigenvalue weighted by molar-refractivity contribution is 9.10. The van der Waals surface area contributed by atoms with Crippen LogP contribution < -0.4 is 5.73 Å². The minimum absolute atomic E-state index is 0.0641. The van der Waals surface area contributed by atoms with Gasteiger partial charge in [0.2, 0.25) is 5.91 Å². The van der Waals surface area contributed by atoms with Crippen molar-refractivity contribution in [2.24, 2.45) is 5.73 Å². The zero-order valence-electron chi connectivity index (χ0n) is 10.3. The Bertz CT molecular complexity index is 674. The summed E-state index contributed by atoms with van der Waals surface area (Å²) < 4.78 is 38.5. The normalized spacial score (nSPS) is 12.9. The SMILES string of the molecule is CCC(C(N)=O)S(=O)(=O)c1cc(Br)cc(C(=O)O)c1F. The Morgan fingerprint density at radius 2 is 2.00 bits per heavy atom. The standard InChI is InChI=1S/C11H11BrFNO5S/c1-2-7(10(14)15)20(18,19)8-4-5(12)3-6(9(8)13)11(16)17/h3-4,7H,2H2,1H3,(H2,14,15)(H,16,17). The summed E-state index contributed by atoms with van der Waals surface area (Å²) >= 11 is 2.91. The number of amides is 1. The number of benzene rings is 1. The van der Waals surface area contributed by atoms with Crippen molar-refractivity contribution in [1.29, 1.82) is 0 Å². The van der Waals surface area contributed by atoms with E-state index in [4.69, 9.17) is 10.8 Å². The highest BCUT2D eigenvalue weighted by Gasteiger charge is 2.34. The molecule has 0 aliphatic heterocycles. The molecule has 0 radical (unpaired) electrons. The van der Waals surface area contributed by atoms with Crippen LogP contribution in [0.1, 0.15) is 23.7 Å². The van der Waals surface area contributed by atoms with Gasteiger partial charge in [0.1, 0.15) is 10.1 Å². The maximum absolute atomic E-state index is 14.0. The maximum Gasteiger partial charge on any atom is 0.338 e. The third-order valence-electron chi connectivity index (χ3n) is 2.60. The first-order chi connectivity index (χ1) is 9.12. The zero-order valence-corrected chi connectivity index (χ0v) is 12.7. The van der Waals surface area contributed by atoms with Crippen molar-refractivity contribution in [3.63, 3.8) is 0 Å². The van der Waals surface area contributed by atoms with Crippen LogP contribution in [0.3, 0.4) is 0 Å². The van der Waals surface area contributed by atoms with Crippen molar-refractivity contribution in [3.05, 3.63) is 28.0 Å². The summed E-state index contributed by atoms with van der Waals surface area (Å²) in [6.07, 6.45) is -0.147. The lowest BCUT2D eigenvalue weighted by Gasteiger charge is -2.14. The van der Waals surface area contributed by atoms with Crippen LogP contribution in [0, 0.1) is 5.82 Å². The number of hydrogen-bond acceptors (Lipinski definition) is 4. The van der Waals surface area contributed by atoms with Gasteiger partial charge in [-0.2, -0.15) is 0 Å². The Hall–Kier alpha value is -1.48. The van der Waals surface area contributed by atoms with Crippen LogP contribution in [0.5, 0.6) is 0 Å². The van der Waals surface area contributed by atoms with Crippen molar-refractivity contribution < 1.29 is 27.5 Å². The number of rotatable bonds is 5. The van der Waals surface area contributed by atoms with Crippen LogP contribution >= 0.6 is 15.9 Å². The van der Waals surface area contributed by atoms with E-state index in [1.54, 1.807) is 0 Å². The molecule has 0 spiro atoms. The van der Waals surface area contributed by atoms with Crippen LogP contribution in [0.25, 0.3) is 0 Å². The van der Waals surface area contributed by atoms with Gasteiger partial charge in [-0.3, -0.25) is 4.79 Å². The van der Waals surface area contributed by atoms with Gasteiger partial charge < -0.3 is 10.8 Å². The second kappa shape index (κ2) is 5.88. The first-order valence-corrected chi connectivity index (χ1v) is 7.72. The second-order valence-electron chi connectivity index (χ2n) is 3.91. The summed E-state index contributed by atoms with van der Waals surface area (Å²) in [6, 6.07) is 1.84. The molecular formula is C11H11BrFNO5S. The summed E-state index contributed by atoms with van der Waals surface area (Å²) in [5.74, 6) is -4.16. The highest BCUT2D eigenvalue weighted by Crippen LogP contribution is 2.27. The molecular weight excluding hydrogens is 357 g/mol. The highest BCUT2D eigenvalue weighted by atomic mass is 79.9. The summed E-state index contributed by atoms with van der Waals surface area (Å²) in [7, 11) is -4.40. The molecule has 20 heavy (non-hydrogen) atoms. The molecule has 6 nitrogen and oxygen atoms in total. The monoisotopic (exact) mass is 367 g/mol. The Morgan fingerprint density at radius 1 is 1.45 bits per heavy atom. The Kier molecular flexibility index (Phi) is 4.87. The van der Waals surface area contributed by atoms with E-state index in [0.29, 0.717) is 0 Å². The number of carbonyl (C=O) groups is 2. The Balaban J connectivity index is 3.62. The fourth-order valence-electron chi connectivity index (χ4n) is 1.65. The lowest BCUT2D eigenvalue weighted by molar-refractivity contribution is -0.117. The van der Waals surface area contributed by atoms with Crippen molar-refractivity contribution in [3.8, 4) is 0 Å². The van der Waals surface area contributed by atoms with E-state index < -0.39 is 43.2 Å².